The third-order valence-electron chi connectivity index (χ3n) is 5.47. The summed E-state index contributed by atoms with van der Waals surface area (Å²) in [4.78, 5) is 22.7. The number of ether oxygens (including phenoxy) is 1. The molecule has 4 rings (SSSR count). The van der Waals surface area contributed by atoms with E-state index in [9.17, 15) is 4.79 Å². The summed E-state index contributed by atoms with van der Waals surface area (Å²) in [6.07, 6.45) is 0.893. The van der Waals surface area contributed by atoms with Crippen LogP contribution < -0.4 is 4.90 Å². The number of rotatable bonds is 6. The number of aromatic nitrogens is 1. The molecule has 2 aromatic carbocycles. The number of morpholine rings is 1. The van der Waals surface area contributed by atoms with E-state index in [1.54, 1.807) is 11.3 Å². The molecule has 1 saturated heterocycles. The molecule has 1 aliphatic heterocycles. The van der Waals surface area contributed by atoms with Gasteiger partial charge in [0.1, 0.15) is 0 Å². The number of aryl methyl sites for hydroxylation is 2. The third kappa shape index (κ3) is 4.59. The highest BCUT2D eigenvalue weighted by atomic mass is 79.9. The summed E-state index contributed by atoms with van der Waals surface area (Å²) >= 11 is 5.15. The number of hydrogen-bond donors (Lipinski definition) is 0. The number of halogens is 1. The lowest BCUT2D eigenvalue weighted by Crippen LogP contribution is -2.39. The molecule has 1 fully saturated rings. The van der Waals surface area contributed by atoms with Crippen molar-refractivity contribution in [1.29, 1.82) is 0 Å². The standard InChI is InChI=1S/C23H26BrN3O2S/c1-16-8-9-17(2)21-20(16)25-23(30-21)27(11-5-10-26-12-14-29-15-13-26)22(28)18-6-3-4-7-19(18)24/h3-4,6-9H,5,10-15H2,1-2H3. The van der Waals surface area contributed by atoms with Crippen LogP contribution in [0.4, 0.5) is 5.13 Å². The van der Waals surface area contributed by atoms with Crippen LogP contribution in [0, 0.1) is 13.8 Å². The Kier molecular flexibility index (Phi) is 6.83. The minimum Gasteiger partial charge on any atom is -0.379 e. The summed E-state index contributed by atoms with van der Waals surface area (Å²) in [6.45, 7) is 9.24. The zero-order chi connectivity index (χ0) is 21.1. The molecule has 7 heteroatoms. The molecule has 158 valence electrons. The minimum absolute atomic E-state index is 0.0150. The summed E-state index contributed by atoms with van der Waals surface area (Å²) < 4.78 is 7.40. The summed E-state index contributed by atoms with van der Waals surface area (Å²) in [5, 5.41) is 0.769. The Morgan fingerprint density at radius 3 is 2.63 bits per heavy atom. The van der Waals surface area contributed by atoms with Gasteiger partial charge in [-0.2, -0.15) is 0 Å². The van der Waals surface area contributed by atoms with Crippen molar-refractivity contribution in [2.75, 3.05) is 44.3 Å². The van der Waals surface area contributed by atoms with Crippen molar-refractivity contribution in [3.63, 3.8) is 0 Å². The first kappa shape index (κ1) is 21.4. The average Bonchev–Trinajstić information content (AvgIpc) is 3.21. The van der Waals surface area contributed by atoms with Gasteiger partial charge in [0.25, 0.3) is 5.91 Å². The molecule has 3 aromatic rings. The van der Waals surface area contributed by atoms with Crippen molar-refractivity contribution in [2.45, 2.75) is 20.3 Å². The monoisotopic (exact) mass is 487 g/mol. The van der Waals surface area contributed by atoms with Crippen LogP contribution in [-0.4, -0.2) is 55.2 Å². The fourth-order valence-corrected chi connectivity index (χ4v) is 5.30. The average molecular weight is 488 g/mol. The number of thiazole rings is 1. The van der Waals surface area contributed by atoms with Gasteiger partial charge in [0.2, 0.25) is 0 Å². The van der Waals surface area contributed by atoms with Crippen LogP contribution >= 0.6 is 27.3 Å². The van der Waals surface area contributed by atoms with Gasteiger partial charge in [0.15, 0.2) is 5.13 Å². The van der Waals surface area contributed by atoms with Crippen LogP contribution in [0.1, 0.15) is 27.9 Å². The van der Waals surface area contributed by atoms with E-state index in [2.05, 4.69) is 46.8 Å². The molecule has 5 nitrogen and oxygen atoms in total. The number of anilines is 1. The van der Waals surface area contributed by atoms with Crippen molar-refractivity contribution in [3.05, 3.63) is 57.6 Å². The van der Waals surface area contributed by atoms with Crippen LogP contribution in [0.15, 0.2) is 40.9 Å². The molecule has 0 aliphatic carbocycles. The van der Waals surface area contributed by atoms with Crippen LogP contribution in [0.25, 0.3) is 10.2 Å². The summed E-state index contributed by atoms with van der Waals surface area (Å²) in [7, 11) is 0. The fraction of sp³-hybridized carbons (Fsp3) is 0.391. The molecular weight excluding hydrogens is 462 g/mol. The summed E-state index contributed by atoms with van der Waals surface area (Å²) in [5.41, 5.74) is 3.99. The SMILES string of the molecule is Cc1ccc(C)c2sc(N(CCCN3CCOCC3)C(=O)c3ccccc3Br)nc12. The molecule has 1 aromatic heterocycles. The summed E-state index contributed by atoms with van der Waals surface area (Å²) in [6, 6.07) is 11.8. The smallest absolute Gasteiger partial charge is 0.261 e. The van der Waals surface area contributed by atoms with Gasteiger partial charge in [-0.1, -0.05) is 35.6 Å². The van der Waals surface area contributed by atoms with Crippen molar-refractivity contribution in [2.24, 2.45) is 0 Å². The summed E-state index contributed by atoms with van der Waals surface area (Å²) in [5.74, 6) is -0.0150. The maximum Gasteiger partial charge on any atom is 0.261 e. The topological polar surface area (TPSA) is 45.7 Å². The van der Waals surface area contributed by atoms with Gasteiger partial charge in [-0.3, -0.25) is 14.6 Å². The number of nitrogens with zero attached hydrogens (tertiary/aromatic N) is 3. The fourth-order valence-electron chi connectivity index (χ4n) is 3.70. The number of benzene rings is 2. The van der Waals surface area contributed by atoms with Gasteiger partial charge in [-0.25, -0.2) is 4.98 Å². The zero-order valence-electron chi connectivity index (χ0n) is 17.4. The normalized spacial score (nSPS) is 14.9. The molecule has 1 amide bonds. The molecule has 0 saturated carbocycles. The lowest BCUT2D eigenvalue weighted by molar-refractivity contribution is 0.0376. The highest BCUT2D eigenvalue weighted by Gasteiger charge is 2.24. The Morgan fingerprint density at radius 2 is 1.90 bits per heavy atom. The van der Waals surface area contributed by atoms with Crippen LogP contribution in [0.5, 0.6) is 0 Å². The molecule has 0 spiro atoms. The molecule has 0 bridgehead atoms. The lowest BCUT2D eigenvalue weighted by Gasteiger charge is -2.27. The second-order valence-corrected chi connectivity index (χ2v) is 9.45. The number of hydrogen-bond acceptors (Lipinski definition) is 5. The van der Waals surface area contributed by atoms with E-state index in [1.165, 1.54) is 5.56 Å². The van der Waals surface area contributed by atoms with E-state index in [-0.39, 0.29) is 5.91 Å². The Bertz CT molecular complexity index is 1010. The van der Waals surface area contributed by atoms with Crippen molar-refractivity contribution in [1.82, 2.24) is 9.88 Å². The van der Waals surface area contributed by atoms with Crippen LogP contribution in [-0.2, 0) is 4.74 Å². The number of carbonyl (C=O) groups is 1. The largest absolute Gasteiger partial charge is 0.379 e. The maximum atomic E-state index is 13.5. The first-order valence-corrected chi connectivity index (χ1v) is 11.9. The van der Waals surface area contributed by atoms with Gasteiger partial charge in [-0.15, -0.1) is 0 Å². The number of amides is 1. The highest BCUT2D eigenvalue weighted by molar-refractivity contribution is 9.10. The molecule has 0 radical (unpaired) electrons. The van der Waals surface area contributed by atoms with Gasteiger partial charge in [0.05, 0.1) is 29.0 Å². The number of fused-ring (bicyclic) bond motifs is 1. The van der Waals surface area contributed by atoms with Gasteiger partial charge in [0, 0.05) is 30.7 Å². The van der Waals surface area contributed by atoms with E-state index in [4.69, 9.17) is 9.72 Å². The molecular formula is C23H26BrN3O2S. The third-order valence-corrected chi connectivity index (χ3v) is 7.38. The van der Waals surface area contributed by atoms with Gasteiger partial charge in [-0.05, 0) is 59.5 Å². The predicted octanol–water partition coefficient (Wildman–Crippen LogP) is 5.04. The zero-order valence-corrected chi connectivity index (χ0v) is 19.8. The van der Waals surface area contributed by atoms with E-state index >= 15 is 0 Å². The Hall–Kier alpha value is -1.80. The van der Waals surface area contributed by atoms with Crippen LogP contribution in [0.3, 0.4) is 0 Å². The Labute approximate surface area is 189 Å². The van der Waals surface area contributed by atoms with E-state index in [0.29, 0.717) is 12.1 Å². The molecule has 0 N–H and O–H groups in total. The van der Waals surface area contributed by atoms with Crippen molar-refractivity contribution < 1.29 is 9.53 Å². The molecule has 1 aliphatic rings. The lowest BCUT2D eigenvalue weighted by atomic mass is 10.1. The first-order valence-electron chi connectivity index (χ1n) is 10.3. The second kappa shape index (κ2) is 9.56. The second-order valence-electron chi connectivity index (χ2n) is 7.62. The van der Waals surface area contributed by atoms with Crippen molar-refractivity contribution >= 4 is 48.5 Å². The van der Waals surface area contributed by atoms with Gasteiger partial charge >= 0.3 is 0 Å². The Balaban J connectivity index is 1.63. The molecule has 0 atom stereocenters. The highest BCUT2D eigenvalue weighted by Crippen LogP contribution is 2.34. The predicted molar refractivity (Wildman–Crippen MR) is 127 cm³/mol. The van der Waals surface area contributed by atoms with E-state index < -0.39 is 0 Å². The Morgan fingerprint density at radius 1 is 1.17 bits per heavy atom. The molecule has 0 unspecified atom stereocenters. The van der Waals surface area contributed by atoms with Crippen molar-refractivity contribution in [3.8, 4) is 0 Å². The van der Waals surface area contributed by atoms with E-state index in [1.807, 2.05) is 29.2 Å². The maximum absolute atomic E-state index is 13.5. The minimum atomic E-state index is -0.0150. The molecule has 2 heterocycles. The first-order chi connectivity index (χ1) is 14.5. The van der Waals surface area contributed by atoms with Crippen LogP contribution in [0.2, 0.25) is 0 Å². The number of carbonyl (C=O) groups excluding carboxylic acids is 1. The van der Waals surface area contributed by atoms with E-state index in [0.717, 1.165) is 64.7 Å². The van der Waals surface area contributed by atoms with Gasteiger partial charge < -0.3 is 4.74 Å². The molecule has 30 heavy (non-hydrogen) atoms. The quantitative estimate of drug-likeness (QED) is 0.488.